The number of nitrogen functional groups attached to an aromatic ring is 1. The molecule has 1 aromatic heterocycles. The number of aryl methyl sites for hydroxylation is 2. The molecule has 2 rings (SSSR count). The van der Waals surface area contributed by atoms with Gasteiger partial charge in [-0.15, -0.1) is 5.10 Å². The molecule has 20 heavy (non-hydrogen) atoms. The van der Waals surface area contributed by atoms with Gasteiger partial charge in [-0.1, -0.05) is 6.07 Å². The predicted octanol–water partition coefficient (Wildman–Crippen LogP) is 3.24. The SMILES string of the molecule is Cc1ccc(Oc2nnc(C)c(C)c2C(=N)N)c(Br)c1. The highest BCUT2D eigenvalue weighted by atomic mass is 79.9. The summed E-state index contributed by atoms with van der Waals surface area (Å²) in [7, 11) is 0. The Balaban J connectivity index is 2.48. The standard InChI is InChI=1S/C14H15BrN4O/c1-7-4-5-11(10(15)6-7)20-14-12(13(16)17)8(2)9(3)18-19-14/h4-6H,1-3H3,(H3,16,17). The van der Waals surface area contributed by atoms with Gasteiger partial charge in [-0.3, -0.25) is 5.41 Å². The smallest absolute Gasteiger partial charge is 0.250 e. The number of halogens is 1. The molecule has 5 nitrogen and oxygen atoms in total. The fourth-order valence-corrected chi connectivity index (χ4v) is 2.34. The van der Waals surface area contributed by atoms with Crippen molar-refractivity contribution in [2.45, 2.75) is 20.8 Å². The molecule has 0 amide bonds. The number of hydrogen-bond acceptors (Lipinski definition) is 4. The van der Waals surface area contributed by atoms with Crippen molar-refractivity contribution in [2.75, 3.05) is 0 Å². The maximum absolute atomic E-state index is 7.69. The Morgan fingerprint density at radius 2 is 1.95 bits per heavy atom. The maximum Gasteiger partial charge on any atom is 0.250 e. The Labute approximate surface area is 125 Å². The van der Waals surface area contributed by atoms with Crippen molar-refractivity contribution in [1.29, 1.82) is 5.41 Å². The van der Waals surface area contributed by atoms with E-state index in [4.69, 9.17) is 15.9 Å². The Hall–Kier alpha value is -1.95. The monoisotopic (exact) mass is 334 g/mol. The average Bonchev–Trinajstić information content (AvgIpc) is 2.36. The van der Waals surface area contributed by atoms with E-state index in [1.807, 2.05) is 39.0 Å². The van der Waals surface area contributed by atoms with Gasteiger partial charge >= 0.3 is 0 Å². The van der Waals surface area contributed by atoms with E-state index in [-0.39, 0.29) is 11.7 Å². The van der Waals surface area contributed by atoms with Crippen LogP contribution in [0.15, 0.2) is 22.7 Å². The summed E-state index contributed by atoms with van der Waals surface area (Å²) in [6, 6.07) is 5.71. The van der Waals surface area contributed by atoms with E-state index in [2.05, 4.69) is 26.1 Å². The zero-order chi connectivity index (χ0) is 14.9. The minimum atomic E-state index is -0.0845. The molecule has 1 heterocycles. The molecule has 6 heteroatoms. The molecule has 0 aliphatic rings. The van der Waals surface area contributed by atoms with Crippen LogP contribution in [-0.2, 0) is 0 Å². The van der Waals surface area contributed by atoms with Crippen LogP contribution in [0, 0.1) is 26.2 Å². The van der Waals surface area contributed by atoms with Crippen molar-refractivity contribution >= 4 is 21.8 Å². The number of rotatable bonds is 3. The molecule has 1 aromatic carbocycles. The molecule has 0 atom stereocenters. The van der Waals surface area contributed by atoms with Gasteiger partial charge in [-0.05, 0) is 60.0 Å². The van der Waals surface area contributed by atoms with E-state index in [0.29, 0.717) is 11.3 Å². The van der Waals surface area contributed by atoms with Gasteiger partial charge in [0.1, 0.15) is 11.6 Å². The quantitative estimate of drug-likeness (QED) is 0.666. The summed E-state index contributed by atoms with van der Waals surface area (Å²) in [6.45, 7) is 5.66. The summed E-state index contributed by atoms with van der Waals surface area (Å²) in [4.78, 5) is 0. The molecule has 3 N–H and O–H groups in total. The lowest BCUT2D eigenvalue weighted by Gasteiger charge is -2.13. The number of hydrogen-bond donors (Lipinski definition) is 2. The Morgan fingerprint density at radius 1 is 1.25 bits per heavy atom. The number of nitrogens with one attached hydrogen (secondary N) is 1. The van der Waals surface area contributed by atoms with E-state index < -0.39 is 0 Å². The molecule has 0 spiro atoms. The number of benzene rings is 1. The van der Waals surface area contributed by atoms with Gasteiger partial charge in [0.15, 0.2) is 0 Å². The van der Waals surface area contributed by atoms with Crippen molar-refractivity contribution < 1.29 is 4.74 Å². The normalized spacial score (nSPS) is 10.4. The number of aromatic nitrogens is 2. The molecule has 0 saturated heterocycles. The number of amidine groups is 1. The first-order chi connectivity index (χ1) is 9.40. The van der Waals surface area contributed by atoms with E-state index in [1.54, 1.807) is 0 Å². The summed E-state index contributed by atoms with van der Waals surface area (Å²) in [5.74, 6) is 0.763. The highest BCUT2D eigenvalue weighted by molar-refractivity contribution is 9.10. The zero-order valence-electron chi connectivity index (χ0n) is 11.5. The number of ether oxygens (including phenoxy) is 1. The van der Waals surface area contributed by atoms with Crippen LogP contribution >= 0.6 is 15.9 Å². The molecule has 0 radical (unpaired) electrons. The van der Waals surface area contributed by atoms with Crippen LogP contribution in [0.25, 0.3) is 0 Å². The predicted molar refractivity (Wildman–Crippen MR) is 81.5 cm³/mol. The third-order valence-electron chi connectivity index (χ3n) is 2.99. The summed E-state index contributed by atoms with van der Waals surface area (Å²) in [5.41, 5.74) is 8.74. The first-order valence-corrected chi connectivity index (χ1v) is 6.81. The Kier molecular flexibility index (Phi) is 4.04. The zero-order valence-corrected chi connectivity index (χ0v) is 13.1. The second-order valence-electron chi connectivity index (χ2n) is 4.54. The minimum absolute atomic E-state index is 0.0845. The topological polar surface area (TPSA) is 84.9 Å². The number of nitrogens with zero attached hydrogens (tertiary/aromatic N) is 2. The molecule has 2 aromatic rings. The van der Waals surface area contributed by atoms with Crippen molar-refractivity contribution in [1.82, 2.24) is 10.2 Å². The second-order valence-corrected chi connectivity index (χ2v) is 5.39. The molecular weight excluding hydrogens is 320 g/mol. The third-order valence-corrected chi connectivity index (χ3v) is 3.61. The fourth-order valence-electron chi connectivity index (χ4n) is 1.77. The lowest BCUT2D eigenvalue weighted by atomic mass is 10.1. The van der Waals surface area contributed by atoms with Crippen LogP contribution in [-0.4, -0.2) is 16.0 Å². The lowest BCUT2D eigenvalue weighted by molar-refractivity contribution is 0.449. The fraction of sp³-hybridized carbons (Fsp3) is 0.214. The van der Waals surface area contributed by atoms with Gasteiger partial charge in [0, 0.05) is 0 Å². The first kappa shape index (κ1) is 14.5. The Bertz CT molecular complexity index is 685. The minimum Gasteiger partial charge on any atom is -0.436 e. The molecule has 0 aliphatic carbocycles. The Morgan fingerprint density at radius 3 is 2.55 bits per heavy atom. The van der Waals surface area contributed by atoms with Crippen LogP contribution < -0.4 is 10.5 Å². The lowest BCUT2D eigenvalue weighted by Crippen LogP contribution is -2.16. The molecule has 0 aliphatic heterocycles. The highest BCUT2D eigenvalue weighted by Gasteiger charge is 2.16. The average molecular weight is 335 g/mol. The van der Waals surface area contributed by atoms with Crippen LogP contribution in [0.3, 0.4) is 0 Å². The van der Waals surface area contributed by atoms with E-state index >= 15 is 0 Å². The van der Waals surface area contributed by atoms with Gasteiger partial charge in [0.05, 0.1) is 15.7 Å². The molecular formula is C14H15BrN4O. The van der Waals surface area contributed by atoms with Crippen molar-refractivity contribution in [2.24, 2.45) is 5.73 Å². The van der Waals surface area contributed by atoms with E-state index in [0.717, 1.165) is 21.3 Å². The van der Waals surface area contributed by atoms with Crippen molar-refractivity contribution in [3.8, 4) is 11.6 Å². The second kappa shape index (κ2) is 5.58. The maximum atomic E-state index is 7.69. The third kappa shape index (κ3) is 2.80. The van der Waals surface area contributed by atoms with Gasteiger partial charge in [-0.2, -0.15) is 5.10 Å². The number of nitrogens with two attached hydrogens (primary N) is 1. The van der Waals surface area contributed by atoms with Crippen LogP contribution in [0.1, 0.15) is 22.4 Å². The highest BCUT2D eigenvalue weighted by Crippen LogP contribution is 2.31. The van der Waals surface area contributed by atoms with Crippen LogP contribution in [0.2, 0.25) is 0 Å². The van der Waals surface area contributed by atoms with Crippen LogP contribution in [0.5, 0.6) is 11.6 Å². The summed E-state index contributed by atoms with van der Waals surface area (Å²) in [6.07, 6.45) is 0. The summed E-state index contributed by atoms with van der Waals surface area (Å²) in [5, 5.41) is 15.7. The molecule has 0 saturated carbocycles. The van der Waals surface area contributed by atoms with Crippen molar-refractivity contribution in [3.63, 3.8) is 0 Å². The van der Waals surface area contributed by atoms with Gasteiger partial charge in [0.25, 0.3) is 0 Å². The van der Waals surface area contributed by atoms with E-state index in [9.17, 15) is 0 Å². The molecule has 104 valence electrons. The molecule has 0 unspecified atom stereocenters. The first-order valence-electron chi connectivity index (χ1n) is 6.02. The van der Waals surface area contributed by atoms with Gasteiger partial charge in [0.2, 0.25) is 5.88 Å². The van der Waals surface area contributed by atoms with Gasteiger partial charge < -0.3 is 10.5 Å². The van der Waals surface area contributed by atoms with Crippen molar-refractivity contribution in [3.05, 3.63) is 45.1 Å². The summed E-state index contributed by atoms with van der Waals surface area (Å²) >= 11 is 3.44. The van der Waals surface area contributed by atoms with E-state index in [1.165, 1.54) is 0 Å². The summed E-state index contributed by atoms with van der Waals surface area (Å²) < 4.78 is 6.56. The molecule has 0 fully saturated rings. The molecule has 0 bridgehead atoms. The van der Waals surface area contributed by atoms with Crippen LogP contribution in [0.4, 0.5) is 0 Å². The van der Waals surface area contributed by atoms with Gasteiger partial charge in [-0.25, -0.2) is 0 Å². The largest absolute Gasteiger partial charge is 0.436 e.